The van der Waals surface area contributed by atoms with Crippen molar-refractivity contribution in [3.63, 3.8) is 0 Å². The number of benzene rings is 1. The summed E-state index contributed by atoms with van der Waals surface area (Å²) >= 11 is 0. The molecule has 0 amide bonds. The summed E-state index contributed by atoms with van der Waals surface area (Å²) in [6.07, 6.45) is 0.635. The first-order valence-electron chi connectivity index (χ1n) is 6.78. The maximum Gasteiger partial charge on any atom is 0.328 e. The molecule has 0 aliphatic heterocycles. The van der Waals surface area contributed by atoms with Crippen molar-refractivity contribution >= 4 is 5.97 Å². The molecule has 0 spiro atoms. The molecule has 1 aromatic carbocycles. The molecule has 0 saturated carbocycles. The molecule has 2 N–H and O–H groups in total. The van der Waals surface area contributed by atoms with E-state index in [-0.39, 0.29) is 11.4 Å². The number of ether oxygens (including phenoxy) is 1. The van der Waals surface area contributed by atoms with E-state index >= 15 is 0 Å². The molecule has 0 bridgehead atoms. The smallest absolute Gasteiger partial charge is 0.328 e. The molecule has 1 unspecified atom stereocenters. The summed E-state index contributed by atoms with van der Waals surface area (Å²) < 4.78 is 5.47. The Bertz CT molecular complexity index is 433. The summed E-state index contributed by atoms with van der Waals surface area (Å²) in [6.45, 7) is 10.3. The quantitative estimate of drug-likeness (QED) is 0.670. The highest BCUT2D eigenvalue weighted by molar-refractivity contribution is 5.78. The third-order valence-electron chi connectivity index (χ3n) is 2.93. The van der Waals surface area contributed by atoms with Crippen LogP contribution in [-0.4, -0.2) is 12.0 Å². The monoisotopic (exact) mass is 263 g/mol. The van der Waals surface area contributed by atoms with Crippen LogP contribution in [0.1, 0.15) is 46.6 Å². The Hall–Kier alpha value is -1.35. The van der Waals surface area contributed by atoms with Crippen LogP contribution in [0.4, 0.5) is 0 Å². The molecule has 19 heavy (non-hydrogen) atoms. The van der Waals surface area contributed by atoms with Crippen LogP contribution < -0.4 is 10.5 Å². The standard InChI is InChI=1S/C16H25NO2/c1-11(2)10-13(17)15(18)19-14-9-7-6-8-12(14)16(3,4)5/h6-9,11,13H,10,17H2,1-5H3. The molecule has 1 atom stereocenters. The van der Waals surface area contributed by atoms with E-state index in [0.717, 1.165) is 5.56 Å². The Labute approximate surface area is 116 Å². The van der Waals surface area contributed by atoms with E-state index < -0.39 is 6.04 Å². The average Bonchev–Trinajstić information content (AvgIpc) is 2.27. The largest absolute Gasteiger partial charge is 0.425 e. The molecule has 0 radical (unpaired) electrons. The number of hydrogen-bond donors (Lipinski definition) is 1. The number of hydrogen-bond acceptors (Lipinski definition) is 3. The van der Waals surface area contributed by atoms with Gasteiger partial charge in [0.05, 0.1) is 0 Å². The summed E-state index contributed by atoms with van der Waals surface area (Å²) in [5.41, 5.74) is 6.79. The van der Waals surface area contributed by atoms with Crippen LogP contribution in [0.2, 0.25) is 0 Å². The summed E-state index contributed by atoms with van der Waals surface area (Å²) in [5, 5.41) is 0. The minimum atomic E-state index is -0.562. The molecule has 1 rings (SSSR count). The van der Waals surface area contributed by atoms with Gasteiger partial charge in [0.25, 0.3) is 0 Å². The van der Waals surface area contributed by atoms with Crippen LogP contribution in [0, 0.1) is 5.92 Å². The van der Waals surface area contributed by atoms with Crippen LogP contribution in [0.3, 0.4) is 0 Å². The van der Waals surface area contributed by atoms with Gasteiger partial charge in [-0.05, 0) is 23.8 Å². The Morgan fingerprint density at radius 2 is 1.84 bits per heavy atom. The minimum absolute atomic E-state index is 0.0704. The predicted molar refractivity (Wildman–Crippen MR) is 78.2 cm³/mol. The number of carbonyl (C=O) groups excluding carboxylic acids is 1. The zero-order valence-corrected chi connectivity index (χ0v) is 12.6. The fourth-order valence-corrected chi connectivity index (χ4v) is 1.96. The van der Waals surface area contributed by atoms with Crippen LogP contribution >= 0.6 is 0 Å². The van der Waals surface area contributed by atoms with Crippen LogP contribution in [0.5, 0.6) is 5.75 Å². The van der Waals surface area contributed by atoms with E-state index in [9.17, 15) is 4.79 Å². The maximum atomic E-state index is 12.0. The van der Waals surface area contributed by atoms with Crippen LogP contribution in [0.15, 0.2) is 24.3 Å². The van der Waals surface area contributed by atoms with Crippen LogP contribution in [-0.2, 0) is 10.2 Å². The Morgan fingerprint density at radius 1 is 1.26 bits per heavy atom. The Kier molecular flexibility index (Phi) is 5.12. The first-order chi connectivity index (χ1) is 8.71. The predicted octanol–water partition coefficient (Wildman–Crippen LogP) is 3.26. The van der Waals surface area contributed by atoms with Crippen molar-refractivity contribution in [2.45, 2.75) is 52.5 Å². The molecule has 3 heteroatoms. The van der Waals surface area contributed by atoms with Crippen molar-refractivity contribution in [3.8, 4) is 5.75 Å². The van der Waals surface area contributed by atoms with Gasteiger partial charge in [0.15, 0.2) is 0 Å². The molecule has 1 aromatic rings. The Balaban J connectivity index is 2.86. The first-order valence-corrected chi connectivity index (χ1v) is 6.78. The van der Waals surface area contributed by atoms with Gasteiger partial charge in [-0.1, -0.05) is 52.8 Å². The van der Waals surface area contributed by atoms with Gasteiger partial charge in [0.1, 0.15) is 11.8 Å². The van der Waals surface area contributed by atoms with Gasteiger partial charge in [-0.3, -0.25) is 0 Å². The molecule has 0 aliphatic carbocycles. The Morgan fingerprint density at radius 3 is 2.37 bits per heavy atom. The molecule has 3 nitrogen and oxygen atoms in total. The highest BCUT2D eigenvalue weighted by Crippen LogP contribution is 2.31. The topological polar surface area (TPSA) is 52.3 Å². The van der Waals surface area contributed by atoms with Crippen LogP contribution in [0.25, 0.3) is 0 Å². The first kappa shape index (κ1) is 15.7. The lowest BCUT2D eigenvalue weighted by Crippen LogP contribution is -2.35. The zero-order chi connectivity index (χ0) is 14.6. The van der Waals surface area contributed by atoms with Gasteiger partial charge in [0, 0.05) is 5.56 Å². The molecular weight excluding hydrogens is 238 g/mol. The van der Waals surface area contributed by atoms with Crippen molar-refractivity contribution in [3.05, 3.63) is 29.8 Å². The van der Waals surface area contributed by atoms with E-state index in [1.54, 1.807) is 0 Å². The fraction of sp³-hybridized carbons (Fsp3) is 0.562. The maximum absolute atomic E-state index is 12.0. The number of esters is 1. The molecule has 0 saturated heterocycles. The summed E-state index contributed by atoms with van der Waals surface area (Å²) in [4.78, 5) is 12.0. The zero-order valence-electron chi connectivity index (χ0n) is 12.6. The second kappa shape index (κ2) is 6.20. The third kappa shape index (κ3) is 4.67. The van der Waals surface area contributed by atoms with E-state index in [1.807, 2.05) is 38.1 Å². The van der Waals surface area contributed by atoms with Crippen molar-refractivity contribution < 1.29 is 9.53 Å². The summed E-state index contributed by atoms with van der Waals surface area (Å²) in [6, 6.07) is 7.06. The lowest BCUT2D eigenvalue weighted by atomic mass is 9.86. The highest BCUT2D eigenvalue weighted by atomic mass is 16.5. The van der Waals surface area contributed by atoms with Crippen molar-refractivity contribution in [2.75, 3.05) is 0 Å². The van der Waals surface area contributed by atoms with E-state index in [2.05, 4.69) is 20.8 Å². The SMILES string of the molecule is CC(C)CC(N)C(=O)Oc1ccccc1C(C)(C)C. The second-order valence-electron chi connectivity index (χ2n) is 6.40. The fourth-order valence-electron chi connectivity index (χ4n) is 1.96. The average molecular weight is 263 g/mol. The van der Waals surface area contributed by atoms with E-state index in [1.165, 1.54) is 0 Å². The lowest BCUT2D eigenvalue weighted by Gasteiger charge is -2.23. The summed E-state index contributed by atoms with van der Waals surface area (Å²) in [7, 11) is 0. The molecule has 0 aromatic heterocycles. The molecule has 0 aliphatic rings. The van der Waals surface area contributed by atoms with Gasteiger partial charge in [-0.25, -0.2) is 4.79 Å². The minimum Gasteiger partial charge on any atom is -0.425 e. The normalized spacial score (nSPS) is 13.4. The van der Waals surface area contributed by atoms with E-state index in [4.69, 9.17) is 10.5 Å². The van der Waals surface area contributed by atoms with Gasteiger partial charge in [-0.15, -0.1) is 0 Å². The van der Waals surface area contributed by atoms with Gasteiger partial charge in [0.2, 0.25) is 0 Å². The second-order valence-corrected chi connectivity index (χ2v) is 6.40. The number of para-hydroxylation sites is 1. The van der Waals surface area contributed by atoms with Crippen molar-refractivity contribution in [1.82, 2.24) is 0 Å². The summed E-state index contributed by atoms with van der Waals surface area (Å²) in [5.74, 6) is 0.630. The van der Waals surface area contributed by atoms with Crippen molar-refractivity contribution in [2.24, 2.45) is 11.7 Å². The van der Waals surface area contributed by atoms with Gasteiger partial charge in [-0.2, -0.15) is 0 Å². The van der Waals surface area contributed by atoms with Crippen molar-refractivity contribution in [1.29, 1.82) is 0 Å². The lowest BCUT2D eigenvalue weighted by molar-refractivity contribution is -0.136. The molecule has 0 heterocycles. The highest BCUT2D eigenvalue weighted by Gasteiger charge is 2.22. The number of nitrogens with two attached hydrogens (primary N) is 1. The molecule has 0 fully saturated rings. The van der Waals surface area contributed by atoms with Gasteiger partial charge < -0.3 is 10.5 Å². The third-order valence-corrected chi connectivity index (χ3v) is 2.93. The van der Waals surface area contributed by atoms with E-state index in [0.29, 0.717) is 18.1 Å². The molecule has 106 valence electrons. The number of carbonyl (C=O) groups is 1. The molecular formula is C16H25NO2. The number of rotatable bonds is 4. The van der Waals surface area contributed by atoms with Gasteiger partial charge >= 0.3 is 5.97 Å².